The Kier molecular flexibility index (Phi) is 3.31. The maximum atomic E-state index is 12.7. The topological polar surface area (TPSA) is 71.0 Å². The summed E-state index contributed by atoms with van der Waals surface area (Å²) in [6.45, 7) is 4.92. The van der Waals surface area contributed by atoms with Gasteiger partial charge < -0.3 is 9.88 Å². The lowest BCUT2D eigenvalue weighted by Gasteiger charge is -2.37. The maximum absolute atomic E-state index is 12.7. The minimum absolute atomic E-state index is 0.162. The molecule has 21 heavy (non-hydrogen) atoms. The Hall–Kier alpha value is -2.11. The molecule has 1 aliphatic heterocycles. The summed E-state index contributed by atoms with van der Waals surface area (Å²) in [7, 11) is 1.76. The lowest BCUT2D eigenvalue weighted by molar-refractivity contribution is 0.0549. The Morgan fingerprint density at radius 3 is 2.95 bits per heavy atom. The molecule has 6 nitrogen and oxygen atoms in total. The van der Waals surface area contributed by atoms with Crippen LogP contribution in [0.4, 0.5) is 0 Å². The molecule has 3 rings (SSSR count). The first-order valence-corrected chi connectivity index (χ1v) is 7.35. The van der Waals surface area contributed by atoms with Gasteiger partial charge in [0.2, 0.25) is 5.43 Å². The van der Waals surface area contributed by atoms with Gasteiger partial charge in [-0.1, -0.05) is 6.92 Å². The van der Waals surface area contributed by atoms with Crippen LogP contribution >= 0.6 is 0 Å². The molecule has 0 bridgehead atoms. The number of piperidine rings is 1. The monoisotopic (exact) mass is 288 g/mol. The summed E-state index contributed by atoms with van der Waals surface area (Å²) >= 11 is 0. The van der Waals surface area contributed by atoms with Gasteiger partial charge in [-0.05, 0) is 25.7 Å². The van der Waals surface area contributed by atoms with Crippen LogP contribution < -0.4 is 5.43 Å². The highest BCUT2D eigenvalue weighted by Gasteiger charge is 2.30. The number of hydrogen-bond acceptors (Lipinski definition) is 3. The molecule has 0 aromatic carbocycles. The van der Waals surface area contributed by atoms with Crippen LogP contribution in [0.3, 0.4) is 0 Å². The van der Waals surface area contributed by atoms with Gasteiger partial charge in [-0.15, -0.1) is 0 Å². The quantitative estimate of drug-likeness (QED) is 0.865. The minimum Gasteiger partial charge on any atom is -0.345 e. The van der Waals surface area contributed by atoms with Crippen molar-refractivity contribution in [3.05, 3.63) is 28.2 Å². The van der Waals surface area contributed by atoms with Crippen LogP contribution in [0.5, 0.6) is 0 Å². The Morgan fingerprint density at radius 1 is 1.43 bits per heavy atom. The highest BCUT2D eigenvalue weighted by molar-refractivity contribution is 5.96. The molecule has 1 amide bonds. The number of hydrogen-bond donors (Lipinski definition) is 1. The van der Waals surface area contributed by atoms with Gasteiger partial charge in [-0.3, -0.25) is 14.3 Å². The summed E-state index contributed by atoms with van der Waals surface area (Å²) < 4.78 is 1.59. The number of carbonyl (C=O) groups excluding carboxylic acids is 1. The SMILES string of the molecule is C[C@@H]1[C@@H](C)CCCN1C(=O)c1c[nH]c2c(cnn2C)c1=O. The molecule has 2 aromatic rings. The largest absolute Gasteiger partial charge is 0.345 e. The van der Waals surface area contributed by atoms with Crippen molar-refractivity contribution < 1.29 is 4.79 Å². The fraction of sp³-hybridized carbons (Fsp3) is 0.533. The van der Waals surface area contributed by atoms with Gasteiger partial charge in [0.25, 0.3) is 5.91 Å². The van der Waals surface area contributed by atoms with Crippen molar-refractivity contribution >= 4 is 16.9 Å². The average Bonchev–Trinajstić information content (AvgIpc) is 2.84. The molecule has 0 aliphatic carbocycles. The Balaban J connectivity index is 2.02. The van der Waals surface area contributed by atoms with Crippen molar-refractivity contribution in [1.82, 2.24) is 19.7 Å². The molecule has 0 saturated carbocycles. The van der Waals surface area contributed by atoms with Gasteiger partial charge in [0.05, 0.1) is 11.6 Å². The van der Waals surface area contributed by atoms with E-state index in [4.69, 9.17) is 0 Å². The molecular weight excluding hydrogens is 268 g/mol. The van der Waals surface area contributed by atoms with E-state index in [1.165, 1.54) is 12.4 Å². The number of aromatic amines is 1. The first-order valence-electron chi connectivity index (χ1n) is 7.35. The van der Waals surface area contributed by atoms with Crippen LogP contribution in [0.1, 0.15) is 37.0 Å². The molecule has 1 saturated heterocycles. The number of carbonyl (C=O) groups is 1. The summed E-state index contributed by atoms with van der Waals surface area (Å²) in [5, 5.41) is 4.52. The number of amides is 1. The van der Waals surface area contributed by atoms with Crippen LogP contribution in [-0.4, -0.2) is 38.2 Å². The van der Waals surface area contributed by atoms with Gasteiger partial charge in [-0.25, -0.2) is 0 Å². The zero-order valence-corrected chi connectivity index (χ0v) is 12.6. The zero-order chi connectivity index (χ0) is 15.1. The number of aromatic nitrogens is 3. The van der Waals surface area contributed by atoms with E-state index in [-0.39, 0.29) is 22.9 Å². The van der Waals surface area contributed by atoms with E-state index in [2.05, 4.69) is 23.9 Å². The van der Waals surface area contributed by atoms with Crippen LogP contribution in [-0.2, 0) is 7.05 Å². The standard InChI is InChI=1S/C15H20N4O2/c1-9-5-4-6-19(10(9)2)15(21)12-7-16-14-11(13(12)20)8-17-18(14)3/h7-10H,4-6H2,1-3H3,(H,16,20)/t9-,10+/m0/s1. The molecule has 6 heteroatoms. The van der Waals surface area contributed by atoms with Gasteiger partial charge in [0.1, 0.15) is 11.2 Å². The molecule has 2 atom stereocenters. The van der Waals surface area contributed by atoms with Gasteiger partial charge in [0, 0.05) is 25.8 Å². The van der Waals surface area contributed by atoms with E-state index in [1.807, 2.05) is 4.90 Å². The number of aryl methyl sites for hydroxylation is 1. The molecule has 112 valence electrons. The molecule has 0 unspecified atom stereocenters. The molecular formula is C15H20N4O2. The third kappa shape index (κ3) is 2.14. The van der Waals surface area contributed by atoms with Crippen molar-refractivity contribution in [3.8, 4) is 0 Å². The fourth-order valence-corrected chi connectivity index (χ4v) is 3.06. The van der Waals surface area contributed by atoms with Crippen LogP contribution in [0, 0.1) is 5.92 Å². The van der Waals surface area contributed by atoms with E-state index in [0.29, 0.717) is 17.0 Å². The molecule has 3 heterocycles. The number of H-pyrrole nitrogens is 1. The molecule has 0 spiro atoms. The van der Waals surface area contributed by atoms with E-state index in [1.54, 1.807) is 11.7 Å². The summed E-state index contributed by atoms with van der Waals surface area (Å²) in [5.74, 6) is 0.282. The van der Waals surface area contributed by atoms with Crippen molar-refractivity contribution in [2.75, 3.05) is 6.54 Å². The van der Waals surface area contributed by atoms with Gasteiger partial charge in [0.15, 0.2) is 0 Å². The zero-order valence-electron chi connectivity index (χ0n) is 12.6. The predicted molar refractivity (Wildman–Crippen MR) is 80.2 cm³/mol. The maximum Gasteiger partial charge on any atom is 0.259 e. The summed E-state index contributed by atoms with van der Waals surface area (Å²) in [6.07, 6.45) is 5.14. The molecule has 0 radical (unpaired) electrons. The van der Waals surface area contributed by atoms with Gasteiger partial charge >= 0.3 is 0 Å². The first-order chi connectivity index (χ1) is 10.0. The fourth-order valence-electron chi connectivity index (χ4n) is 3.06. The third-order valence-electron chi connectivity index (χ3n) is 4.65. The van der Waals surface area contributed by atoms with Crippen molar-refractivity contribution in [1.29, 1.82) is 0 Å². The smallest absolute Gasteiger partial charge is 0.259 e. The first kappa shape index (κ1) is 13.9. The number of pyridine rings is 1. The molecule has 1 aliphatic rings. The highest BCUT2D eigenvalue weighted by Crippen LogP contribution is 2.24. The Bertz CT molecular complexity index is 746. The van der Waals surface area contributed by atoms with E-state index >= 15 is 0 Å². The van der Waals surface area contributed by atoms with E-state index in [0.717, 1.165) is 19.4 Å². The van der Waals surface area contributed by atoms with Crippen molar-refractivity contribution in [3.63, 3.8) is 0 Å². The van der Waals surface area contributed by atoms with Crippen molar-refractivity contribution in [2.45, 2.75) is 32.7 Å². The minimum atomic E-state index is -0.243. The normalized spacial score (nSPS) is 22.7. The lowest BCUT2D eigenvalue weighted by Crippen LogP contribution is -2.47. The highest BCUT2D eigenvalue weighted by atomic mass is 16.2. The lowest BCUT2D eigenvalue weighted by atomic mass is 9.91. The number of fused-ring (bicyclic) bond motifs is 1. The van der Waals surface area contributed by atoms with E-state index in [9.17, 15) is 9.59 Å². The second kappa shape index (κ2) is 5.02. The summed E-state index contributed by atoms with van der Waals surface area (Å²) in [5.41, 5.74) is 0.598. The average molecular weight is 288 g/mol. The predicted octanol–water partition coefficient (Wildman–Crippen LogP) is 1.52. The Labute approximate surface area is 122 Å². The summed E-state index contributed by atoms with van der Waals surface area (Å²) in [4.78, 5) is 30.0. The number of nitrogens with one attached hydrogen (secondary N) is 1. The molecule has 1 N–H and O–H groups in total. The number of rotatable bonds is 1. The molecule has 1 fully saturated rings. The third-order valence-corrected chi connectivity index (χ3v) is 4.65. The second-order valence-electron chi connectivity index (χ2n) is 5.92. The Morgan fingerprint density at radius 2 is 2.19 bits per heavy atom. The summed E-state index contributed by atoms with van der Waals surface area (Å²) in [6, 6.07) is 0.162. The number of likely N-dealkylation sites (tertiary alicyclic amines) is 1. The second-order valence-corrected chi connectivity index (χ2v) is 5.92. The number of nitrogens with zero attached hydrogens (tertiary/aromatic N) is 3. The van der Waals surface area contributed by atoms with Crippen molar-refractivity contribution in [2.24, 2.45) is 13.0 Å². The van der Waals surface area contributed by atoms with Crippen LogP contribution in [0.15, 0.2) is 17.2 Å². The van der Waals surface area contributed by atoms with Crippen LogP contribution in [0.2, 0.25) is 0 Å². The molecule has 2 aromatic heterocycles. The van der Waals surface area contributed by atoms with Gasteiger partial charge in [-0.2, -0.15) is 5.10 Å². The van der Waals surface area contributed by atoms with Crippen LogP contribution in [0.25, 0.3) is 11.0 Å². The van der Waals surface area contributed by atoms with E-state index < -0.39 is 0 Å².